The van der Waals surface area contributed by atoms with Gasteiger partial charge in [-0.05, 0) is 55.9 Å². The van der Waals surface area contributed by atoms with Gasteiger partial charge in [-0.2, -0.15) is 5.10 Å². The van der Waals surface area contributed by atoms with Crippen LogP contribution in [0, 0.1) is 6.92 Å². The van der Waals surface area contributed by atoms with Crippen LogP contribution in [0.3, 0.4) is 0 Å². The van der Waals surface area contributed by atoms with Crippen molar-refractivity contribution in [1.82, 2.24) is 30.0 Å². The molecule has 0 unspecified atom stereocenters. The van der Waals surface area contributed by atoms with Crippen molar-refractivity contribution in [1.29, 1.82) is 0 Å². The molecule has 1 fully saturated rings. The van der Waals surface area contributed by atoms with Crippen molar-refractivity contribution in [3.63, 3.8) is 0 Å². The van der Waals surface area contributed by atoms with Crippen molar-refractivity contribution >= 4 is 27.6 Å². The number of benzene rings is 2. The Bertz CT molecular complexity index is 1450. The summed E-state index contributed by atoms with van der Waals surface area (Å²) < 4.78 is 6.15. The predicted octanol–water partition coefficient (Wildman–Crippen LogP) is 4.35. The van der Waals surface area contributed by atoms with E-state index in [2.05, 4.69) is 55.2 Å². The number of ether oxygens (including phenoxy) is 1. The maximum Gasteiger partial charge on any atom is 0.219 e. The Hall–Kier alpha value is -3.91. The first-order chi connectivity index (χ1) is 16.1. The van der Waals surface area contributed by atoms with Crippen LogP contribution in [0.25, 0.3) is 33.5 Å². The number of anilines is 1. The molecule has 1 saturated heterocycles. The lowest BCUT2D eigenvalue weighted by atomic mass is 10.2. The molecular weight excluding hydrogens is 414 g/mol. The monoisotopic (exact) mass is 439 g/mol. The fourth-order valence-electron chi connectivity index (χ4n) is 4.35. The van der Waals surface area contributed by atoms with Crippen LogP contribution in [-0.2, 0) is 0 Å². The zero-order chi connectivity index (χ0) is 22.4. The number of nitrogens with zero attached hydrogens (tertiary/aromatic N) is 5. The first kappa shape index (κ1) is 19.8. The summed E-state index contributed by atoms with van der Waals surface area (Å²) >= 11 is 0. The number of rotatable bonds is 4. The number of aromatic nitrogens is 5. The second-order valence-corrected chi connectivity index (χ2v) is 8.60. The predicted molar refractivity (Wildman–Crippen MR) is 130 cm³/mol. The lowest BCUT2D eigenvalue weighted by molar-refractivity contribution is 0.313. The normalized spacial score (nSPS) is 14.9. The number of fused-ring (bicyclic) bond motifs is 2. The molecule has 0 aliphatic carbocycles. The van der Waals surface area contributed by atoms with Crippen molar-refractivity contribution in [3.8, 4) is 23.1 Å². The number of likely N-dealkylation sites (N-methyl/N-ethyl adjacent to an activating group) is 1. The third-order valence-corrected chi connectivity index (χ3v) is 6.21. The van der Waals surface area contributed by atoms with Gasteiger partial charge in [-0.25, -0.2) is 9.97 Å². The number of aryl methyl sites for hydroxylation is 1. The van der Waals surface area contributed by atoms with Gasteiger partial charge in [-0.3, -0.25) is 5.10 Å². The number of piperazine rings is 1. The minimum absolute atomic E-state index is 0.552. The number of imidazole rings is 1. The molecule has 2 aromatic carbocycles. The average molecular weight is 440 g/mol. The Morgan fingerprint density at radius 1 is 0.970 bits per heavy atom. The van der Waals surface area contributed by atoms with Crippen LogP contribution >= 0.6 is 0 Å². The van der Waals surface area contributed by atoms with Gasteiger partial charge in [-0.1, -0.05) is 6.07 Å². The SMILES string of the molecule is Cc1ccnc(Oc2cccc3[nH]nc(-c4nc5ccc(N6CCN(C)CC6)cc5[nH]4)c23)c1. The molecule has 0 spiro atoms. The van der Waals surface area contributed by atoms with Gasteiger partial charge in [0.15, 0.2) is 5.82 Å². The van der Waals surface area contributed by atoms with E-state index in [1.54, 1.807) is 6.20 Å². The van der Waals surface area contributed by atoms with E-state index in [9.17, 15) is 0 Å². The topological polar surface area (TPSA) is 86.0 Å². The van der Waals surface area contributed by atoms with Crippen LogP contribution in [0.2, 0.25) is 0 Å². The van der Waals surface area contributed by atoms with E-state index in [-0.39, 0.29) is 0 Å². The molecule has 5 aromatic rings. The molecular formula is C25H25N7O. The molecule has 1 aliphatic rings. The smallest absolute Gasteiger partial charge is 0.219 e. The molecule has 2 N–H and O–H groups in total. The third-order valence-electron chi connectivity index (χ3n) is 6.21. The molecule has 0 atom stereocenters. The second kappa shape index (κ2) is 7.90. The summed E-state index contributed by atoms with van der Waals surface area (Å²) in [6, 6.07) is 16.1. The van der Waals surface area contributed by atoms with Crippen molar-refractivity contribution < 1.29 is 4.74 Å². The minimum Gasteiger partial charge on any atom is -0.438 e. The van der Waals surface area contributed by atoms with Crippen LogP contribution in [0.1, 0.15) is 5.56 Å². The molecule has 3 aromatic heterocycles. The zero-order valence-electron chi connectivity index (χ0n) is 18.7. The third kappa shape index (κ3) is 3.68. The fourth-order valence-corrected chi connectivity index (χ4v) is 4.35. The number of hydrogen-bond donors (Lipinski definition) is 2. The molecule has 6 rings (SSSR count). The largest absolute Gasteiger partial charge is 0.438 e. The van der Waals surface area contributed by atoms with Gasteiger partial charge in [0.1, 0.15) is 11.4 Å². The highest BCUT2D eigenvalue weighted by molar-refractivity contribution is 5.97. The summed E-state index contributed by atoms with van der Waals surface area (Å²) in [6.07, 6.45) is 1.75. The van der Waals surface area contributed by atoms with Crippen LogP contribution < -0.4 is 9.64 Å². The summed E-state index contributed by atoms with van der Waals surface area (Å²) in [7, 11) is 2.17. The number of H-pyrrole nitrogens is 2. The molecule has 0 saturated carbocycles. The maximum absolute atomic E-state index is 6.15. The lowest BCUT2D eigenvalue weighted by Crippen LogP contribution is -2.44. The first-order valence-corrected chi connectivity index (χ1v) is 11.2. The van der Waals surface area contributed by atoms with Crippen molar-refractivity contribution in [3.05, 3.63) is 60.3 Å². The van der Waals surface area contributed by atoms with Crippen LogP contribution in [-0.4, -0.2) is 63.3 Å². The molecule has 4 heterocycles. The lowest BCUT2D eigenvalue weighted by Gasteiger charge is -2.34. The highest BCUT2D eigenvalue weighted by Crippen LogP contribution is 2.35. The Labute approximate surface area is 191 Å². The van der Waals surface area contributed by atoms with Crippen LogP contribution in [0.15, 0.2) is 54.7 Å². The van der Waals surface area contributed by atoms with Crippen LogP contribution in [0.5, 0.6) is 11.6 Å². The Kier molecular flexibility index (Phi) is 4.73. The van der Waals surface area contributed by atoms with Crippen molar-refractivity contribution in [2.45, 2.75) is 6.92 Å². The summed E-state index contributed by atoms with van der Waals surface area (Å²) in [4.78, 5) is 17.4. The molecule has 166 valence electrons. The zero-order valence-corrected chi connectivity index (χ0v) is 18.7. The summed E-state index contributed by atoms with van der Waals surface area (Å²) in [5, 5.41) is 8.55. The van der Waals surface area contributed by atoms with E-state index >= 15 is 0 Å². The highest BCUT2D eigenvalue weighted by atomic mass is 16.5. The van der Waals surface area contributed by atoms with Crippen molar-refractivity contribution in [2.75, 3.05) is 38.1 Å². The minimum atomic E-state index is 0.552. The van der Waals surface area contributed by atoms with E-state index in [4.69, 9.17) is 9.72 Å². The molecule has 8 nitrogen and oxygen atoms in total. The molecule has 0 radical (unpaired) electrons. The average Bonchev–Trinajstić information content (AvgIpc) is 3.44. The van der Waals surface area contributed by atoms with Gasteiger partial charge in [0.25, 0.3) is 0 Å². The van der Waals surface area contributed by atoms with Gasteiger partial charge in [0.2, 0.25) is 5.88 Å². The van der Waals surface area contributed by atoms with Gasteiger partial charge in [-0.15, -0.1) is 0 Å². The quantitative estimate of drug-likeness (QED) is 0.433. The Morgan fingerprint density at radius 2 is 1.85 bits per heavy atom. The van der Waals surface area contributed by atoms with E-state index in [1.807, 2.05) is 37.3 Å². The number of nitrogens with one attached hydrogen (secondary N) is 2. The maximum atomic E-state index is 6.15. The van der Waals surface area contributed by atoms with Gasteiger partial charge >= 0.3 is 0 Å². The second-order valence-electron chi connectivity index (χ2n) is 8.60. The Morgan fingerprint density at radius 3 is 2.70 bits per heavy atom. The van der Waals surface area contributed by atoms with Gasteiger partial charge in [0.05, 0.1) is 21.9 Å². The molecule has 1 aliphatic heterocycles. The highest BCUT2D eigenvalue weighted by Gasteiger charge is 2.19. The molecule has 0 amide bonds. The van der Waals surface area contributed by atoms with E-state index < -0.39 is 0 Å². The number of aromatic amines is 2. The molecule has 8 heteroatoms. The number of pyridine rings is 1. The van der Waals surface area contributed by atoms with Gasteiger partial charge in [0, 0.05) is 44.1 Å². The van der Waals surface area contributed by atoms with E-state index in [0.29, 0.717) is 17.5 Å². The summed E-state index contributed by atoms with van der Waals surface area (Å²) in [5.41, 5.74) is 5.83. The number of hydrogen-bond acceptors (Lipinski definition) is 6. The van der Waals surface area contributed by atoms with Crippen LogP contribution in [0.4, 0.5) is 5.69 Å². The molecule has 0 bridgehead atoms. The summed E-state index contributed by atoms with van der Waals surface area (Å²) in [5.74, 6) is 1.95. The Balaban J connectivity index is 1.38. The summed E-state index contributed by atoms with van der Waals surface area (Å²) in [6.45, 7) is 6.22. The molecule has 33 heavy (non-hydrogen) atoms. The van der Waals surface area contributed by atoms with E-state index in [0.717, 1.165) is 59.4 Å². The fraction of sp³-hybridized carbons (Fsp3) is 0.240. The van der Waals surface area contributed by atoms with Gasteiger partial charge < -0.3 is 19.5 Å². The first-order valence-electron chi connectivity index (χ1n) is 11.2. The van der Waals surface area contributed by atoms with E-state index in [1.165, 1.54) is 5.69 Å². The van der Waals surface area contributed by atoms with Crippen molar-refractivity contribution in [2.24, 2.45) is 0 Å². The standard InChI is InChI=1S/C25H25N7O/c1-16-8-9-26-22(14-16)33-21-5-3-4-19-23(21)24(30-29-19)25-27-18-7-6-17(15-20(18)28-25)32-12-10-31(2)11-13-32/h3-9,14-15H,10-13H2,1-2H3,(H,27,28)(H,29,30).